The fourth-order valence-electron chi connectivity index (χ4n) is 4.26. The number of nitrogens with zero attached hydrogens (tertiary/aromatic N) is 1. The van der Waals surface area contributed by atoms with E-state index in [2.05, 4.69) is 11.6 Å². The quantitative estimate of drug-likeness (QED) is 0.598. The Bertz CT molecular complexity index is 903. The smallest absolute Gasteiger partial charge is 0.245 e. The summed E-state index contributed by atoms with van der Waals surface area (Å²) in [7, 11) is 0. The van der Waals surface area contributed by atoms with Crippen LogP contribution < -0.4 is 11.5 Å². The second-order valence-corrected chi connectivity index (χ2v) is 7.84. The lowest BCUT2D eigenvalue weighted by atomic mass is 10.0. The Morgan fingerprint density at radius 1 is 1.28 bits per heavy atom. The minimum Gasteiger partial charge on any atom is -0.507 e. The second kappa shape index (κ2) is 8.90. The maximum atomic E-state index is 11.3. The van der Waals surface area contributed by atoms with Gasteiger partial charge >= 0.3 is 0 Å². The van der Waals surface area contributed by atoms with E-state index in [0.717, 1.165) is 36.2 Å². The molecule has 1 saturated heterocycles. The van der Waals surface area contributed by atoms with E-state index in [0.29, 0.717) is 17.1 Å². The highest BCUT2D eigenvalue weighted by Crippen LogP contribution is 2.37. The molecule has 2 unspecified atom stereocenters. The molecule has 1 aliphatic heterocycles. The van der Waals surface area contributed by atoms with Crippen LogP contribution in [0.15, 0.2) is 43.0 Å². The lowest BCUT2D eigenvalue weighted by Gasteiger charge is -2.14. The summed E-state index contributed by atoms with van der Waals surface area (Å²) >= 11 is 0. The van der Waals surface area contributed by atoms with E-state index in [-0.39, 0.29) is 11.7 Å². The van der Waals surface area contributed by atoms with Gasteiger partial charge in [0.25, 0.3) is 0 Å². The normalized spacial score (nSPS) is 20.7. The lowest BCUT2D eigenvalue weighted by Crippen LogP contribution is -2.27. The van der Waals surface area contributed by atoms with E-state index in [4.69, 9.17) is 11.5 Å². The van der Waals surface area contributed by atoms with Gasteiger partial charge in [-0.15, -0.1) is 0 Å². The summed E-state index contributed by atoms with van der Waals surface area (Å²) in [5.41, 5.74) is 14.6. The number of fused-ring (bicyclic) bond motifs is 1. The first kappa shape index (κ1) is 20.6. The van der Waals surface area contributed by atoms with Crippen LogP contribution in [0, 0.1) is 18.8 Å². The van der Waals surface area contributed by atoms with Crippen molar-refractivity contribution >= 4 is 23.5 Å². The van der Waals surface area contributed by atoms with Gasteiger partial charge in [-0.1, -0.05) is 25.1 Å². The molecule has 2 aromatic rings. The number of H-pyrrole nitrogens is 1. The average Bonchev–Trinajstić information content (AvgIpc) is 3.37. The zero-order valence-electron chi connectivity index (χ0n) is 16.9. The van der Waals surface area contributed by atoms with Crippen LogP contribution in [-0.2, 0) is 4.79 Å². The molecule has 6 heteroatoms. The molecule has 1 aliphatic carbocycles. The average molecular weight is 395 g/mol. The molecule has 4 rings (SSSR count). The number of aromatic amines is 1. The Kier molecular flexibility index (Phi) is 6.32. The number of anilines is 1. The zero-order chi connectivity index (χ0) is 21.0. The van der Waals surface area contributed by atoms with E-state index >= 15 is 0 Å². The number of hydrogen-bond acceptors (Lipinski definition) is 4. The molecule has 1 aromatic carbocycles. The van der Waals surface area contributed by atoms with E-state index in [1.54, 1.807) is 24.3 Å². The predicted octanol–water partition coefficient (Wildman–Crippen LogP) is 3.50. The minimum atomic E-state index is 0.115. The SMILES string of the molecule is C=CC(=O)N1CC2CCCC2C1.Cc1cc(/C=C(\N)c2ccccc2O)c(N)[nH]1. The molecule has 2 fully saturated rings. The number of carbonyl (C=O) groups is 1. The standard InChI is InChI=1S/C13H15N3O.C10H15NO/c1-8-6-9(13(15)16-8)7-11(14)10-4-2-3-5-12(10)17;1-2-10(12)11-6-8-4-3-5-9(8)7-11/h2-7,16-17H,14-15H2,1H3;2,8-9H,1,3-7H2/b11-7-;. The van der Waals surface area contributed by atoms with Crippen LogP contribution in [0.25, 0.3) is 11.8 Å². The number of para-hydroxylation sites is 1. The summed E-state index contributed by atoms with van der Waals surface area (Å²) in [5.74, 6) is 2.44. The molecule has 154 valence electrons. The largest absolute Gasteiger partial charge is 0.507 e. The molecule has 0 spiro atoms. The van der Waals surface area contributed by atoms with Gasteiger partial charge in [-0.3, -0.25) is 4.79 Å². The first-order valence-electron chi connectivity index (χ1n) is 10.0. The minimum absolute atomic E-state index is 0.115. The maximum Gasteiger partial charge on any atom is 0.245 e. The number of benzene rings is 1. The number of nitrogen functional groups attached to an aromatic ring is 1. The third-order valence-electron chi connectivity index (χ3n) is 5.75. The maximum absolute atomic E-state index is 11.3. The lowest BCUT2D eigenvalue weighted by molar-refractivity contribution is -0.125. The Morgan fingerprint density at radius 2 is 1.93 bits per heavy atom. The van der Waals surface area contributed by atoms with Gasteiger partial charge in [0, 0.05) is 35.6 Å². The van der Waals surface area contributed by atoms with Crippen LogP contribution in [-0.4, -0.2) is 34.0 Å². The number of nitrogens with one attached hydrogen (secondary N) is 1. The number of phenols is 1. The summed E-state index contributed by atoms with van der Waals surface area (Å²) in [6.07, 6.45) is 7.19. The molecule has 0 radical (unpaired) electrons. The fourth-order valence-corrected chi connectivity index (χ4v) is 4.26. The summed E-state index contributed by atoms with van der Waals surface area (Å²) in [6, 6.07) is 8.84. The van der Waals surface area contributed by atoms with Gasteiger partial charge in [0.1, 0.15) is 11.6 Å². The third kappa shape index (κ3) is 4.83. The molecule has 6 nitrogen and oxygen atoms in total. The number of phenolic OH excluding ortho intramolecular Hbond substituents is 1. The van der Waals surface area contributed by atoms with E-state index in [1.807, 2.05) is 24.0 Å². The monoisotopic (exact) mass is 394 g/mol. The van der Waals surface area contributed by atoms with Crippen molar-refractivity contribution in [3.05, 3.63) is 59.8 Å². The molecule has 6 N–H and O–H groups in total. The van der Waals surface area contributed by atoms with Crippen LogP contribution in [0.3, 0.4) is 0 Å². The van der Waals surface area contributed by atoms with Crippen molar-refractivity contribution in [1.29, 1.82) is 0 Å². The van der Waals surface area contributed by atoms with Gasteiger partial charge in [-0.25, -0.2) is 0 Å². The number of hydrogen-bond donors (Lipinski definition) is 4. The topological polar surface area (TPSA) is 108 Å². The van der Waals surface area contributed by atoms with Crippen molar-refractivity contribution in [3.63, 3.8) is 0 Å². The molecule has 1 aromatic heterocycles. The Morgan fingerprint density at radius 3 is 2.48 bits per heavy atom. The highest BCUT2D eigenvalue weighted by molar-refractivity contribution is 5.87. The molecule has 29 heavy (non-hydrogen) atoms. The zero-order valence-corrected chi connectivity index (χ0v) is 16.9. The van der Waals surface area contributed by atoms with E-state index < -0.39 is 0 Å². The fraction of sp³-hybridized carbons (Fsp3) is 0.348. The number of aromatic nitrogens is 1. The van der Waals surface area contributed by atoms with Gasteiger partial charge < -0.3 is 26.5 Å². The van der Waals surface area contributed by atoms with Gasteiger partial charge in [0.2, 0.25) is 5.91 Å². The number of aryl methyl sites for hydroxylation is 1. The van der Waals surface area contributed by atoms with Gasteiger partial charge in [0.05, 0.1) is 0 Å². The van der Waals surface area contributed by atoms with Crippen LogP contribution in [0.5, 0.6) is 5.75 Å². The number of rotatable bonds is 3. The second-order valence-electron chi connectivity index (χ2n) is 7.84. The third-order valence-corrected chi connectivity index (χ3v) is 5.75. The van der Waals surface area contributed by atoms with E-state index in [1.165, 1.54) is 25.3 Å². The number of aromatic hydroxyl groups is 1. The van der Waals surface area contributed by atoms with Crippen molar-refractivity contribution in [2.45, 2.75) is 26.2 Å². The molecule has 2 atom stereocenters. The molecule has 2 heterocycles. The van der Waals surface area contributed by atoms with Crippen molar-refractivity contribution in [3.8, 4) is 5.75 Å². The number of likely N-dealkylation sites (tertiary alicyclic amines) is 1. The van der Waals surface area contributed by atoms with Gasteiger partial charge in [-0.2, -0.15) is 0 Å². The summed E-state index contributed by atoms with van der Waals surface area (Å²) < 4.78 is 0. The van der Waals surface area contributed by atoms with Gasteiger partial charge in [0.15, 0.2) is 0 Å². The predicted molar refractivity (Wildman–Crippen MR) is 118 cm³/mol. The summed E-state index contributed by atoms with van der Waals surface area (Å²) in [4.78, 5) is 16.2. The van der Waals surface area contributed by atoms with Gasteiger partial charge in [-0.05, 0) is 62.0 Å². The number of nitrogens with two attached hydrogens (primary N) is 2. The van der Waals surface area contributed by atoms with E-state index in [9.17, 15) is 9.90 Å². The summed E-state index contributed by atoms with van der Waals surface area (Å²) in [6.45, 7) is 7.39. The van der Waals surface area contributed by atoms with Crippen molar-refractivity contribution in [2.24, 2.45) is 17.6 Å². The molecule has 0 bridgehead atoms. The molecule has 1 amide bonds. The highest BCUT2D eigenvalue weighted by Gasteiger charge is 2.37. The Hall–Kier alpha value is -3.15. The highest BCUT2D eigenvalue weighted by atomic mass is 16.3. The van der Waals surface area contributed by atoms with Crippen LogP contribution in [0.2, 0.25) is 0 Å². The van der Waals surface area contributed by atoms with Crippen LogP contribution in [0.1, 0.15) is 36.1 Å². The molecule has 1 saturated carbocycles. The Labute approximate surface area is 171 Å². The van der Waals surface area contributed by atoms with Crippen LogP contribution >= 0.6 is 0 Å². The molecule has 2 aliphatic rings. The first-order valence-corrected chi connectivity index (χ1v) is 10.0. The number of amides is 1. The number of carbonyl (C=O) groups excluding carboxylic acids is 1. The van der Waals surface area contributed by atoms with Crippen molar-refractivity contribution in [2.75, 3.05) is 18.8 Å². The summed E-state index contributed by atoms with van der Waals surface area (Å²) in [5, 5.41) is 9.67. The van der Waals surface area contributed by atoms with Crippen LogP contribution in [0.4, 0.5) is 5.82 Å². The van der Waals surface area contributed by atoms with Crippen molar-refractivity contribution in [1.82, 2.24) is 9.88 Å². The molecular weight excluding hydrogens is 364 g/mol. The molecular formula is C23H30N4O2. The Balaban J connectivity index is 0.000000176. The van der Waals surface area contributed by atoms with Crippen molar-refractivity contribution < 1.29 is 9.90 Å². The first-order chi connectivity index (χ1) is 13.9.